The molecule has 0 saturated carbocycles. The number of amides is 1. The van der Waals surface area contributed by atoms with Crippen LogP contribution in [0.3, 0.4) is 0 Å². The van der Waals surface area contributed by atoms with E-state index in [1.165, 1.54) is 13.2 Å². The topological polar surface area (TPSA) is 73.3 Å². The van der Waals surface area contributed by atoms with Gasteiger partial charge in [0.15, 0.2) is 11.5 Å². The molecule has 0 saturated heterocycles. The van der Waals surface area contributed by atoms with E-state index < -0.39 is 5.91 Å². The minimum Gasteiger partial charge on any atom is -0.459 e. The third-order valence-corrected chi connectivity index (χ3v) is 2.49. The van der Waals surface area contributed by atoms with Gasteiger partial charge in [0, 0.05) is 11.1 Å². The molecule has 0 aliphatic heterocycles. The van der Waals surface area contributed by atoms with E-state index >= 15 is 0 Å². The first-order valence-corrected chi connectivity index (χ1v) is 5.08. The lowest BCUT2D eigenvalue weighted by atomic mass is 10.0. The van der Waals surface area contributed by atoms with Crippen molar-refractivity contribution in [3.8, 4) is 11.1 Å². The zero-order valence-electron chi connectivity index (χ0n) is 9.27. The molecule has 0 radical (unpaired) electrons. The maximum Gasteiger partial charge on any atom is 0.285 e. The van der Waals surface area contributed by atoms with Gasteiger partial charge in [-0.05, 0) is 18.6 Å². The Bertz CT molecular complexity index is 567. The monoisotopic (exact) mass is 229 g/mol. The molecule has 2 aromatic rings. The fraction of sp³-hybridized carbons (Fsp3) is 0.0769. The number of primary amides is 1. The summed E-state index contributed by atoms with van der Waals surface area (Å²) in [5, 5.41) is 0. The molecular weight excluding hydrogens is 218 g/mol. The number of rotatable bonds is 3. The van der Waals surface area contributed by atoms with Gasteiger partial charge in [-0.25, -0.2) is 0 Å². The highest BCUT2D eigenvalue weighted by molar-refractivity contribution is 5.98. The van der Waals surface area contributed by atoms with E-state index in [1.807, 2.05) is 0 Å². The molecule has 2 N–H and O–H groups in total. The SMILES string of the molecule is CC(=O)c1ccc(-c2ccoc2C(N)=O)cc1. The van der Waals surface area contributed by atoms with E-state index in [4.69, 9.17) is 10.2 Å². The number of nitrogens with two attached hydrogens (primary N) is 1. The van der Waals surface area contributed by atoms with E-state index in [0.29, 0.717) is 11.1 Å². The van der Waals surface area contributed by atoms with Gasteiger partial charge in [-0.1, -0.05) is 24.3 Å². The van der Waals surface area contributed by atoms with Crippen molar-refractivity contribution < 1.29 is 14.0 Å². The summed E-state index contributed by atoms with van der Waals surface area (Å²) < 4.78 is 5.02. The van der Waals surface area contributed by atoms with Gasteiger partial charge in [-0.3, -0.25) is 9.59 Å². The Hall–Kier alpha value is -2.36. The maximum atomic E-state index is 11.1. The summed E-state index contributed by atoms with van der Waals surface area (Å²) in [6.07, 6.45) is 1.41. The zero-order valence-corrected chi connectivity index (χ0v) is 9.27. The minimum absolute atomic E-state index is 0.00105. The molecule has 0 atom stereocenters. The number of Topliss-reactive ketones (excluding diaryl/α,β-unsaturated/α-hetero) is 1. The van der Waals surface area contributed by atoms with Crippen LogP contribution in [0, 0.1) is 0 Å². The first kappa shape index (κ1) is 11.1. The summed E-state index contributed by atoms with van der Waals surface area (Å²) in [5.41, 5.74) is 7.23. The molecule has 2 rings (SSSR count). The predicted octanol–water partition coefficient (Wildman–Crippen LogP) is 2.25. The zero-order chi connectivity index (χ0) is 12.4. The Morgan fingerprint density at radius 2 is 1.76 bits per heavy atom. The highest BCUT2D eigenvalue weighted by Gasteiger charge is 2.13. The van der Waals surface area contributed by atoms with Crippen LogP contribution in [0.4, 0.5) is 0 Å². The van der Waals surface area contributed by atoms with Crippen molar-refractivity contribution in [2.45, 2.75) is 6.92 Å². The van der Waals surface area contributed by atoms with Gasteiger partial charge in [0.2, 0.25) is 0 Å². The van der Waals surface area contributed by atoms with E-state index in [2.05, 4.69) is 0 Å². The lowest BCUT2D eigenvalue weighted by molar-refractivity contribution is 0.0973. The summed E-state index contributed by atoms with van der Waals surface area (Å²) >= 11 is 0. The lowest BCUT2D eigenvalue weighted by Crippen LogP contribution is -2.10. The van der Waals surface area contributed by atoms with Crippen LogP contribution in [0.5, 0.6) is 0 Å². The van der Waals surface area contributed by atoms with Crippen LogP contribution in [0.15, 0.2) is 41.0 Å². The van der Waals surface area contributed by atoms with Crippen LogP contribution in [0.25, 0.3) is 11.1 Å². The van der Waals surface area contributed by atoms with Crippen molar-refractivity contribution in [2.75, 3.05) is 0 Å². The van der Waals surface area contributed by atoms with Crippen LogP contribution in [-0.4, -0.2) is 11.7 Å². The molecule has 1 amide bonds. The first-order chi connectivity index (χ1) is 8.09. The number of ketones is 1. The summed E-state index contributed by atoms with van der Waals surface area (Å²) in [7, 11) is 0. The van der Waals surface area contributed by atoms with Crippen molar-refractivity contribution in [3.63, 3.8) is 0 Å². The lowest BCUT2D eigenvalue weighted by Gasteiger charge is -2.01. The Balaban J connectivity index is 2.43. The Morgan fingerprint density at radius 1 is 1.12 bits per heavy atom. The first-order valence-electron chi connectivity index (χ1n) is 5.08. The summed E-state index contributed by atoms with van der Waals surface area (Å²) in [6.45, 7) is 1.50. The molecule has 86 valence electrons. The quantitative estimate of drug-likeness (QED) is 0.820. The Morgan fingerprint density at radius 3 is 2.29 bits per heavy atom. The van der Waals surface area contributed by atoms with Gasteiger partial charge in [-0.15, -0.1) is 0 Å². The molecule has 1 aromatic heterocycles. The van der Waals surface area contributed by atoms with Gasteiger partial charge in [0.25, 0.3) is 5.91 Å². The number of hydrogen-bond acceptors (Lipinski definition) is 3. The fourth-order valence-corrected chi connectivity index (χ4v) is 1.61. The molecule has 0 spiro atoms. The third-order valence-electron chi connectivity index (χ3n) is 2.49. The number of carbonyl (C=O) groups is 2. The molecule has 4 nitrogen and oxygen atoms in total. The molecule has 0 bridgehead atoms. The third kappa shape index (κ3) is 2.10. The molecule has 0 aliphatic carbocycles. The van der Waals surface area contributed by atoms with Crippen molar-refractivity contribution in [2.24, 2.45) is 5.73 Å². The van der Waals surface area contributed by atoms with Crippen molar-refractivity contribution in [1.82, 2.24) is 0 Å². The normalized spacial score (nSPS) is 10.2. The maximum absolute atomic E-state index is 11.1. The largest absolute Gasteiger partial charge is 0.459 e. The second-order valence-electron chi connectivity index (χ2n) is 3.66. The molecule has 0 fully saturated rings. The minimum atomic E-state index is -0.611. The highest BCUT2D eigenvalue weighted by Crippen LogP contribution is 2.24. The van der Waals surface area contributed by atoms with E-state index in [-0.39, 0.29) is 11.5 Å². The average Bonchev–Trinajstić information content (AvgIpc) is 2.78. The smallest absolute Gasteiger partial charge is 0.285 e. The van der Waals surface area contributed by atoms with Crippen LogP contribution >= 0.6 is 0 Å². The van der Waals surface area contributed by atoms with Gasteiger partial charge >= 0.3 is 0 Å². The standard InChI is InChI=1S/C13H11NO3/c1-8(15)9-2-4-10(5-3-9)11-6-7-17-12(11)13(14)16/h2-7H,1H3,(H2,14,16). The average molecular weight is 229 g/mol. The predicted molar refractivity (Wildman–Crippen MR) is 62.7 cm³/mol. The molecule has 0 aliphatic rings. The van der Waals surface area contributed by atoms with Crippen molar-refractivity contribution in [3.05, 3.63) is 47.9 Å². The number of hydrogen-bond donors (Lipinski definition) is 1. The van der Waals surface area contributed by atoms with Crippen molar-refractivity contribution >= 4 is 11.7 Å². The van der Waals surface area contributed by atoms with Gasteiger partial charge in [-0.2, -0.15) is 0 Å². The van der Waals surface area contributed by atoms with Gasteiger partial charge in [0.05, 0.1) is 6.26 Å². The van der Waals surface area contributed by atoms with Gasteiger partial charge in [0.1, 0.15) is 0 Å². The molecule has 0 unspecified atom stereocenters. The molecule has 1 aromatic carbocycles. The Kier molecular flexibility index (Phi) is 2.78. The fourth-order valence-electron chi connectivity index (χ4n) is 1.61. The van der Waals surface area contributed by atoms with Crippen LogP contribution in [0.1, 0.15) is 27.8 Å². The highest BCUT2D eigenvalue weighted by atomic mass is 16.3. The molecule has 4 heteroatoms. The summed E-state index contributed by atoms with van der Waals surface area (Å²) in [6, 6.07) is 8.59. The van der Waals surface area contributed by atoms with Crippen LogP contribution in [0.2, 0.25) is 0 Å². The summed E-state index contributed by atoms with van der Waals surface area (Å²) in [5.74, 6) is -0.486. The van der Waals surface area contributed by atoms with E-state index in [0.717, 1.165) is 5.56 Å². The van der Waals surface area contributed by atoms with Crippen LogP contribution < -0.4 is 5.73 Å². The summed E-state index contributed by atoms with van der Waals surface area (Å²) in [4.78, 5) is 22.2. The van der Waals surface area contributed by atoms with Gasteiger partial charge < -0.3 is 10.2 Å². The second kappa shape index (κ2) is 4.25. The number of carbonyl (C=O) groups excluding carboxylic acids is 2. The van der Waals surface area contributed by atoms with Crippen LogP contribution in [-0.2, 0) is 0 Å². The van der Waals surface area contributed by atoms with Crippen molar-refractivity contribution in [1.29, 1.82) is 0 Å². The number of benzene rings is 1. The molecule has 1 heterocycles. The van der Waals surface area contributed by atoms with E-state index in [1.54, 1.807) is 30.3 Å². The Labute approximate surface area is 98.0 Å². The van der Waals surface area contributed by atoms with E-state index in [9.17, 15) is 9.59 Å². The second-order valence-corrected chi connectivity index (χ2v) is 3.66. The molecular formula is C13H11NO3. The molecule has 17 heavy (non-hydrogen) atoms. The number of furan rings is 1.